The van der Waals surface area contributed by atoms with Gasteiger partial charge in [-0.2, -0.15) is 0 Å². The zero-order valence-electron chi connectivity index (χ0n) is 10.1. The Hall–Kier alpha value is -0.380. The Balaban J connectivity index is 2.61. The van der Waals surface area contributed by atoms with Crippen LogP contribution < -0.4 is 0 Å². The summed E-state index contributed by atoms with van der Waals surface area (Å²) < 4.78 is 6.50. The molecule has 0 aliphatic rings. The minimum Gasteiger partial charge on any atom is -0.478 e. The Labute approximate surface area is 139 Å². The summed E-state index contributed by atoms with van der Waals surface area (Å²) >= 11 is 4.55. The number of alkyl halides is 2. The van der Waals surface area contributed by atoms with Crippen molar-refractivity contribution in [3.8, 4) is 0 Å². The average molecular weight is 488 g/mol. The van der Waals surface area contributed by atoms with Gasteiger partial charge < -0.3 is 9.84 Å². The predicted molar refractivity (Wildman–Crippen MR) is 89.6 cm³/mol. The highest BCUT2D eigenvalue weighted by atomic mass is 127. The van der Waals surface area contributed by atoms with Gasteiger partial charge in [0.25, 0.3) is 0 Å². The number of rotatable bonds is 7. The van der Waals surface area contributed by atoms with E-state index in [0.717, 1.165) is 17.3 Å². The lowest BCUT2D eigenvalue weighted by molar-refractivity contribution is 0.0498. The van der Waals surface area contributed by atoms with Crippen LogP contribution in [-0.2, 0) is 4.74 Å². The molecule has 0 aliphatic heterocycles. The third kappa shape index (κ3) is 5.64. The Morgan fingerprint density at radius 2 is 1.89 bits per heavy atom. The second kappa shape index (κ2) is 8.72. The Kier molecular flexibility index (Phi) is 7.66. The van der Waals surface area contributed by atoms with E-state index in [-0.39, 0.29) is 15.1 Å². The highest BCUT2D eigenvalue weighted by molar-refractivity contribution is 14.1. The number of esters is 1. The first-order chi connectivity index (χ1) is 9.06. The molecule has 0 spiro atoms. The van der Waals surface area contributed by atoms with E-state index in [9.17, 15) is 9.59 Å². The van der Waals surface area contributed by atoms with E-state index < -0.39 is 11.9 Å². The number of aromatic carboxylic acids is 1. The van der Waals surface area contributed by atoms with E-state index in [1.807, 2.05) is 0 Å². The standard InChI is InChI=1S/C13H14I2O4/c14-7-3-4-9(15)8-19-13(18)11-6-2-1-5-10(11)12(16)17/h1-2,5-6,9H,3-4,7-8H2,(H,16,17). The molecule has 0 saturated carbocycles. The van der Waals surface area contributed by atoms with Gasteiger partial charge in [-0.25, -0.2) is 9.59 Å². The van der Waals surface area contributed by atoms with E-state index >= 15 is 0 Å². The summed E-state index contributed by atoms with van der Waals surface area (Å²) in [5, 5.41) is 9.00. The van der Waals surface area contributed by atoms with Gasteiger partial charge in [0, 0.05) is 3.92 Å². The number of carbonyl (C=O) groups excluding carboxylic acids is 1. The molecule has 0 heterocycles. The maximum atomic E-state index is 11.9. The number of carboxylic acids is 1. The van der Waals surface area contributed by atoms with Crippen molar-refractivity contribution in [1.82, 2.24) is 0 Å². The van der Waals surface area contributed by atoms with Crippen LogP contribution in [-0.4, -0.2) is 32.0 Å². The zero-order valence-corrected chi connectivity index (χ0v) is 14.5. The summed E-state index contributed by atoms with van der Waals surface area (Å²) in [7, 11) is 0. The van der Waals surface area contributed by atoms with Crippen LogP contribution in [0, 0.1) is 0 Å². The van der Waals surface area contributed by atoms with Gasteiger partial charge in [-0.1, -0.05) is 57.3 Å². The number of hydrogen-bond donors (Lipinski definition) is 1. The van der Waals surface area contributed by atoms with E-state index in [1.165, 1.54) is 12.1 Å². The SMILES string of the molecule is O=C(O)c1ccccc1C(=O)OCC(I)CCCI. The van der Waals surface area contributed by atoms with Gasteiger partial charge in [-0.3, -0.25) is 0 Å². The molecule has 0 bridgehead atoms. The van der Waals surface area contributed by atoms with Crippen LogP contribution in [0.2, 0.25) is 0 Å². The fraction of sp³-hybridized carbons (Fsp3) is 0.385. The monoisotopic (exact) mass is 488 g/mol. The van der Waals surface area contributed by atoms with Crippen LogP contribution in [0.1, 0.15) is 33.6 Å². The average Bonchev–Trinajstić information content (AvgIpc) is 2.42. The van der Waals surface area contributed by atoms with E-state index in [1.54, 1.807) is 12.1 Å². The van der Waals surface area contributed by atoms with Gasteiger partial charge >= 0.3 is 11.9 Å². The van der Waals surface area contributed by atoms with Gasteiger partial charge in [0.15, 0.2) is 0 Å². The second-order valence-electron chi connectivity index (χ2n) is 3.88. The molecule has 1 unspecified atom stereocenters. The summed E-state index contributed by atoms with van der Waals surface area (Å²) in [6.45, 7) is 0.310. The second-order valence-corrected chi connectivity index (χ2v) is 6.72. The van der Waals surface area contributed by atoms with Crippen molar-refractivity contribution in [2.24, 2.45) is 0 Å². The molecule has 0 amide bonds. The summed E-state index contributed by atoms with van der Waals surface area (Å²) in [5.41, 5.74) is 0.0808. The number of carbonyl (C=O) groups is 2. The highest BCUT2D eigenvalue weighted by Crippen LogP contribution is 2.14. The molecule has 0 saturated heterocycles. The third-order valence-electron chi connectivity index (χ3n) is 2.42. The Bertz CT molecular complexity index is 448. The quantitative estimate of drug-likeness (QED) is 0.363. The minimum atomic E-state index is -1.12. The van der Waals surface area contributed by atoms with Crippen molar-refractivity contribution in [3.05, 3.63) is 35.4 Å². The van der Waals surface area contributed by atoms with Gasteiger partial charge in [-0.15, -0.1) is 0 Å². The molecule has 104 valence electrons. The first kappa shape index (κ1) is 16.7. The normalized spacial score (nSPS) is 11.9. The van der Waals surface area contributed by atoms with E-state index in [0.29, 0.717) is 6.61 Å². The van der Waals surface area contributed by atoms with Crippen molar-refractivity contribution < 1.29 is 19.4 Å². The molecule has 1 N–H and O–H groups in total. The molecule has 1 aromatic rings. The molecule has 0 radical (unpaired) electrons. The number of benzene rings is 1. The first-order valence-corrected chi connectivity index (χ1v) is 8.53. The van der Waals surface area contributed by atoms with Crippen LogP contribution in [0.25, 0.3) is 0 Å². The molecule has 1 rings (SSSR count). The maximum absolute atomic E-state index is 11.9. The molecule has 1 aromatic carbocycles. The zero-order chi connectivity index (χ0) is 14.3. The lowest BCUT2D eigenvalue weighted by Crippen LogP contribution is -2.16. The van der Waals surface area contributed by atoms with Crippen LogP contribution >= 0.6 is 45.2 Å². The fourth-order valence-corrected chi connectivity index (χ4v) is 2.53. The van der Waals surface area contributed by atoms with Crippen molar-refractivity contribution in [1.29, 1.82) is 0 Å². The Morgan fingerprint density at radius 3 is 2.47 bits per heavy atom. The van der Waals surface area contributed by atoms with Crippen molar-refractivity contribution in [3.63, 3.8) is 0 Å². The minimum absolute atomic E-state index is 0.0234. The Morgan fingerprint density at radius 1 is 1.26 bits per heavy atom. The molecule has 0 aliphatic carbocycles. The lowest BCUT2D eigenvalue weighted by Gasteiger charge is -2.11. The smallest absolute Gasteiger partial charge is 0.339 e. The van der Waals surface area contributed by atoms with Crippen LogP contribution in [0.15, 0.2) is 24.3 Å². The molecule has 4 nitrogen and oxygen atoms in total. The summed E-state index contributed by atoms with van der Waals surface area (Å²) in [6.07, 6.45) is 2.06. The molecule has 0 fully saturated rings. The van der Waals surface area contributed by atoms with E-state index in [4.69, 9.17) is 9.84 Å². The van der Waals surface area contributed by atoms with Crippen molar-refractivity contribution in [2.45, 2.75) is 16.8 Å². The highest BCUT2D eigenvalue weighted by Gasteiger charge is 2.17. The maximum Gasteiger partial charge on any atom is 0.339 e. The molecule has 1 atom stereocenters. The number of carboxylic acid groups (broad SMARTS) is 1. The molecular weight excluding hydrogens is 474 g/mol. The molecule has 19 heavy (non-hydrogen) atoms. The summed E-state index contributed by atoms with van der Waals surface area (Å²) in [4.78, 5) is 22.9. The van der Waals surface area contributed by atoms with Crippen molar-refractivity contribution in [2.75, 3.05) is 11.0 Å². The van der Waals surface area contributed by atoms with Gasteiger partial charge in [0.1, 0.15) is 6.61 Å². The van der Waals surface area contributed by atoms with Gasteiger partial charge in [0.2, 0.25) is 0 Å². The fourth-order valence-electron chi connectivity index (χ4n) is 1.47. The van der Waals surface area contributed by atoms with E-state index in [2.05, 4.69) is 45.2 Å². The summed E-state index contributed by atoms with van der Waals surface area (Å²) in [6, 6.07) is 6.08. The van der Waals surface area contributed by atoms with Gasteiger partial charge in [-0.05, 0) is 29.4 Å². The van der Waals surface area contributed by atoms with Gasteiger partial charge in [0.05, 0.1) is 11.1 Å². The molecule has 0 aromatic heterocycles. The van der Waals surface area contributed by atoms with Crippen molar-refractivity contribution >= 4 is 57.1 Å². The topological polar surface area (TPSA) is 63.6 Å². The first-order valence-electron chi connectivity index (χ1n) is 5.75. The third-order valence-corrected chi connectivity index (χ3v) is 4.17. The number of ether oxygens (including phenoxy) is 1. The lowest BCUT2D eigenvalue weighted by atomic mass is 10.1. The van der Waals surface area contributed by atoms with Crippen LogP contribution in [0.3, 0.4) is 0 Å². The number of halogens is 2. The largest absolute Gasteiger partial charge is 0.478 e. The van der Waals surface area contributed by atoms with Crippen LogP contribution in [0.4, 0.5) is 0 Å². The molecular formula is C13H14I2O4. The predicted octanol–water partition coefficient (Wildman–Crippen LogP) is 3.56. The van der Waals surface area contributed by atoms with Crippen LogP contribution in [0.5, 0.6) is 0 Å². The number of hydrogen-bond acceptors (Lipinski definition) is 3. The molecule has 6 heteroatoms. The summed E-state index contributed by atoms with van der Waals surface area (Å²) in [5.74, 6) is -1.70.